The van der Waals surface area contributed by atoms with Crippen LogP contribution in [0.4, 0.5) is 9.80 Å². The summed E-state index contributed by atoms with van der Waals surface area (Å²) < 4.78 is 5.91. The summed E-state index contributed by atoms with van der Waals surface area (Å²) in [5, 5.41) is 3.77. The number of nitrogens with one attached hydrogen (secondary N) is 1. The van der Waals surface area contributed by atoms with E-state index in [1.165, 1.54) is 16.0 Å². The maximum absolute atomic E-state index is 13.7. The third-order valence-corrected chi connectivity index (χ3v) is 10.6. The molecule has 4 aliphatic rings. The van der Waals surface area contributed by atoms with Crippen LogP contribution in [0.15, 0.2) is 48.5 Å². The fourth-order valence-electron chi connectivity index (χ4n) is 7.27. The Kier molecular flexibility index (Phi) is 7.48. The summed E-state index contributed by atoms with van der Waals surface area (Å²) in [6.07, 6.45) is 8.07. The molecule has 0 bridgehead atoms. The molecular formula is C34H37N3O4S. The van der Waals surface area contributed by atoms with E-state index in [-0.39, 0.29) is 24.3 Å². The van der Waals surface area contributed by atoms with Crippen molar-refractivity contribution in [2.45, 2.75) is 69.7 Å². The van der Waals surface area contributed by atoms with Gasteiger partial charge >= 0.3 is 6.09 Å². The van der Waals surface area contributed by atoms with Gasteiger partial charge in [-0.1, -0.05) is 48.5 Å². The van der Waals surface area contributed by atoms with Gasteiger partial charge in [0.1, 0.15) is 17.6 Å². The van der Waals surface area contributed by atoms with E-state index < -0.39 is 12.1 Å². The van der Waals surface area contributed by atoms with Crippen molar-refractivity contribution in [2.75, 3.05) is 31.6 Å². The van der Waals surface area contributed by atoms with Gasteiger partial charge in [-0.25, -0.2) is 4.79 Å². The fraction of sp³-hybridized carbons (Fsp3) is 0.441. The summed E-state index contributed by atoms with van der Waals surface area (Å²) in [5.74, 6) is -0.214. The van der Waals surface area contributed by atoms with E-state index >= 15 is 0 Å². The number of ether oxygens (including phenoxy) is 1. The molecule has 3 aromatic rings. The van der Waals surface area contributed by atoms with Gasteiger partial charge in [0.25, 0.3) is 5.91 Å². The Hall–Kier alpha value is -3.65. The second-order valence-corrected chi connectivity index (χ2v) is 13.0. The fourth-order valence-corrected chi connectivity index (χ4v) is 8.55. The minimum atomic E-state index is -0.613. The third kappa shape index (κ3) is 4.89. The predicted molar refractivity (Wildman–Crippen MR) is 164 cm³/mol. The molecule has 3 heterocycles. The van der Waals surface area contributed by atoms with E-state index in [0.29, 0.717) is 23.5 Å². The number of rotatable bonds is 5. The summed E-state index contributed by atoms with van der Waals surface area (Å²) in [6, 6.07) is 15.9. The molecule has 2 aliphatic heterocycles. The highest BCUT2D eigenvalue weighted by Gasteiger charge is 2.38. The normalized spacial score (nSPS) is 19.7. The number of hydrogen-bond acceptors (Lipinski definition) is 5. The molecule has 1 N–H and O–H groups in total. The van der Waals surface area contributed by atoms with Crippen molar-refractivity contribution in [2.24, 2.45) is 0 Å². The lowest BCUT2D eigenvalue weighted by molar-refractivity contribution is -0.120. The average Bonchev–Trinajstić information content (AvgIpc) is 3.74. The van der Waals surface area contributed by atoms with Crippen LogP contribution in [-0.4, -0.2) is 60.0 Å². The van der Waals surface area contributed by atoms with Gasteiger partial charge in [-0.05, 0) is 85.6 Å². The molecule has 218 valence electrons. The number of fused-ring (bicyclic) bond motifs is 4. The number of anilines is 1. The first kappa shape index (κ1) is 27.2. The molecule has 3 amide bonds. The Balaban J connectivity index is 1.06. The molecule has 0 saturated carbocycles. The van der Waals surface area contributed by atoms with Crippen molar-refractivity contribution in [1.29, 1.82) is 0 Å². The highest BCUT2D eigenvalue weighted by atomic mass is 32.1. The molecule has 2 aromatic carbocycles. The Labute approximate surface area is 250 Å². The lowest BCUT2D eigenvalue weighted by Crippen LogP contribution is -2.44. The molecule has 8 heteroatoms. The van der Waals surface area contributed by atoms with E-state index in [9.17, 15) is 14.4 Å². The first-order chi connectivity index (χ1) is 20.6. The van der Waals surface area contributed by atoms with Gasteiger partial charge in [0.2, 0.25) is 5.91 Å². The van der Waals surface area contributed by atoms with E-state index in [0.717, 1.165) is 81.1 Å². The van der Waals surface area contributed by atoms with Crippen molar-refractivity contribution in [1.82, 2.24) is 9.80 Å². The molecule has 7 rings (SSSR count). The first-order valence-electron chi connectivity index (χ1n) is 15.5. The maximum atomic E-state index is 13.7. The van der Waals surface area contributed by atoms with E-state index in [2.05, 4.69) is 29.6 Å². The first-order valence-corrected chi connectivity index (χ1v) is 16.3. The van der Waals surface area contributed by atoms with Crippen LogP contribution in [0.5, 0.6) is 0 Å². The zero-order chi connectivity index (χ0) is 28.6. The van der Waals surface area contributed by atoms with Crippen molar-refractivity contribution in [3.8, 4) is 11.1 Å². The van der Waals surface area contributed by atoms with Crippen LogP contribution in [0.2, 0.25) is 0 Å². The minimum Gasteiger partial charge on any atom is -0.448 e. The van der Waals surface area contributed by atoms with Gasteiger partial charge < -0.3 is 15.0 Å². The van der Waals surface area contributed by atoms with Crippen LogP contribution >= 0.6 is 11.3 Å². The summed E-state index contributed by atoms with van der Waals surface area (Å²) in [5.41, 5.74) is 6.50. The van der Waals surface area contributed by atoms with E-state index in [1.807, 2.05) is 29.2 Å². The zero-order valence-corrected chi connectivity index (χ0v) is 24.7. The maximum Gasteiger partial charge on any atom is 0.410 e. The standard InChI is InChI=1S/C34H37N3O4S/c38-31(35-32-30(26-15-6-7-17-29(26)42-32)33(39)36-18-8-1-9-19-36)28-16-10-20-37(28)34(40)41-21-27-24-13-4-2-11-22(24)23-12-3-5-14-25(23)27/h2-5,11-14,27-28H,1,6-10,15-21H2,(H,35,38). The second-order valence-electron chi connectivity index (χ2n) is 11.9. The number of carbonyl (C=O) groups is 3. The molecule has 1 atom stereocenters. The Bertz CT molecular complexity index is 1480. The molecule has 2 saturated heterocycles. The van der Waals surface area contributed by atoms with Crippen LogP contribution in [-0.2, 0) is 22.4 Å². The largest absolute Gasteiger partial charge is 0.448 e. The van der Waals surface area contributed by atoms with Crippen LogP contribution in [0.1, 0.15) is 82.8 Å². The second kappa shape index (κ2) is 11.6. The summed E-state index contributed by atoms with van der Waals surface area (Å²) >= 11 is 1.55. The van der Waals surface area contributed by atoms with Crippen LogP contribution in [0.25, 0.3) is 11.1 Å². The number of thiophene rings is 1. The highest BCUT2D eigenvalue weighted by molar-refractivity contribution is 7.17. The van der Waals surface area contributed by atoms with Gasteiger partial charge in [-0.3, -0.25) is 14.5 Å². The quantitative estimate of drug-likeness (QED) is 0.367. The summed E-state index contributed by atoms with van der Waals surface area (Å²) in [7, 11) is 0. The topological polar surface area (TPSA) is 79.0 Å². The molecule has 2 aliphatic carbocycles. The number of amides is 3. The lowest BCUT2D eigenvalue weighted by Gasteiger charge is -2.28. The van der Waals surface area contributed by atoms with E-state index in [4.69, 9.17) is 4.74 Å². The molecule has 2 fully saturated rings. The average molecular weight is 584 g/mol. The molecule has 1 aromatic heterocycles. The molecule has 42 heavy (non-hydrogen) atoms. The monoisotopic (exact) mass is 583 g/mol. The number of benzene rings is 2. The lowest BCUT2D eigenvalue weighted by atomic mass is 9.94. The predicted octanol–water partition coefficient (Wildman–Crippen LogP) is 6.61. The number of piperidine rings is 1. The SMILES string of the molecule is O=C(Nc1sc2c(c1C(=O)N1CCCCC1)CCCC2)C1CCCN1C(=O)OCC1c2ccccc2-c2ccccc21. The smallest absolute Gasteiger partial charge is 0.410 e. The Morgan fingerprint density at radius 1 is 0.833 bits per heavy atom. The van der Waals surface area contributed by atoms with Gasteiger partial charge in [0.15, 0.2) is 0 Å². The molecule has 0 spiro atoms. The molecular weight excluding hydrogens is 546 g/mol. The summed E-state index contributed by atoms with van der Waals surface area (Å²) in [6.45, 7) is 2.25. The van der Waals surface area contributed by atoms with Crippen LogP contribution < -0.4 is 5.32 Å². The van der Waals surface area contributed by atoms with Crippen molar-refractivity contribution in [3.63, 3.8) is 0 Å². The highest BCUT2D eigenvalue weighted by Crippen LogP contribution is 2.45. The van der Waals surface area contributed by atoms with Gasteiger partial charge in [0, 0.05) is 30.4 Å². The van der Waals surface area contributed by atoms with Crippen molar-refractivity contribution >= 4 is 34.2 Å². The number of aryl methyl sites for hydroxylation is 1. The van der Waals surface area contributed by atoms with Crippen LogP contribution in [0, 0.1) is 0 Å². The number of likely N-dealkylation sites (tertiary alicyclic amines) is 2. The Morgan fingerprint density at radius 2 is 1.52 bits per heavy atom. The number of hydrogen-bond donors (Lipinski definition) is 1. The van der Waals surface area contributed by atoms with Crippen molar-refractivity contribution < 1.29 is 19.1 Å². The van der Waals surface area contributed by atoms with E-state index in [1.54, 1.807) is 16.2 Å². The van der Waals surface area contributed by atoms with Crippen LogP contribution in [0.3, 0.4) is 0 Å². The van der Waals surface area contributed by atoms with Gasteiger partial charge in [0.05, 0.1) is 5.56 Å². The Morgan fingerprint density at radius 3 is 2.26 bits per heavy atom. The minimum absolute atomic E-state index is 0.0305. The molecule has 0 radical (unpaired) electrons. The molecule has 7 nitrogen and oxygen atoms in total. The zero-order valence-electron chi connectivity index (χ0n) is 23.9. The molecule has 1 unspecified atom stereocenters. The number of nitrogens with zero attached hydrogens (tertiary/aromatic N) is 2. The summed E-state index contributed by atoms with van der Waals surface area (Å²) in [4.78, 5) is 45.6. The number of carbonyl (C=O) groups excluding carboxylic acids is 3. The van der Waals surface area contributed by atoms with Crippen molar-refractivity contribution in [3.05, 3.63) is 75.7 Å². The third-order valence-electron chi connectivity index (χ3n) is 9.39. The van der Waals surface area contributed by atoms with Gasteiger partial charge in [-0.15, -0.1) is 11.3 Å². The van der Waals surface area contributed by atoms with Gasteiger partial charge in [-0.2, -0.15) is 0 Å².